The van der Waals surface area contributed by atoms with Gasteiger partial charge in [-0.25, -0.2) is 0 Å². The first-order valence-corrected chi connectivity index (χ1v) is 3.77. The monoisotopic (exact) mass is 182 g/mol. The fourth-order valence-corrected chi connectivity index (χ4v) is 1.09. The predicted octanol–water partition coefficient (Wildman–Crippen LogP) is 0.512. The lowest BCUT2D eigenvalue weighted by Gasteiger charge is -2.04. The molecule has 3 N–H and O–H groups in total. The Morgan fingerprint density at radius 2 is 2.00 bits per heavy atom. The van der Waals surface area contributed by atoms with Crippen molar-refractivity contribution in [3.8, 4) is 5.75 Å². The third kappa shape index (κ3) is 2.45. The molecule has 1 aromatic rings. The van der Waals surface area contributed by atoms with Crippen LogP contribution in [0.15, 0.2) is 18.2 Å². The lowest BCUT2D eigenvalue weighted by atomic mass is 10.0. The average molecular weight is 182 g/mol. The van der Waals surface area contributed by atoms with E-state index in [0.29, 0.717) is 11.1 Å². The van der Waals surface area contributed by atoms with Gasteiger partial charge in [0.1, 0.15) is 5.75 Å². The third-order valence-corrected chi connectivity index (χ3v) is 1.70. The van der Waals surface area contributed by atoms with E-state index in [9.17, 15) is 4.79 Å². The van der Waals surface area contributed by atoms with Crippen LogP contribution in [0, 0.1) is 0 Å². The van der Waals surface area contributed by atoms with E-state index in [1.54, 1.807) is 0 Å². The average Bonchev–Trinajstić information content (AvgIpc) is 2.03. The van der Waals surface area contributed by atoms with Crippen LogP contribution in [0.3, 0.4) is 0 Å². The van der Waals surface area contributed by atoms with Gasteiger partial charge < -0.3 is 15.3 Å². The molecule has 4 heteroatoms. The molecule has 0 fully saturated rings. The molecule has 4 nitrogen and oxygen atoms in total. The first kappa shape index (κ1) is 9.54. The van der Waals surface area contributed by atoms with E-state index in [4.69, 9.17) is 15.3 Å². The van der Waals surface area contributed by atoms with Crippen molar-refractivity contribution in [1.29, 1.82) is 0 Å². The second-order valence-corrected chi connectivity index (χ2v) is 2.68. The molecule has 0 amide bonds. The van der Waals surface area contributed by atoms with Gasteiger partial charge in [-0.1, -0.05) is 6.07 Å². The van der Waals surface area contributed by atoms with E-state index in [-0.39, 0.29) is 18.8 Å². The number of phenols is 1. The molecule has 70 valence electrons. The Morgan fingerprint density at radius 3 is 2.54 bits per heavy atom. The molecule has 0 aliphatic heterocycles. The number of carboxylic acid groups (broad SMARTS) is 1. The van der Waals surface area contributed by atoms with Crippen LogP contribution in [0.5, 0.6) is 5.75 Å². The number of aliphatic hydroxyl groups is 1. The van der Waals surface area contributed by atoms with Gasteiger partial charge in [-0.2, -0.15) is 0 Å². The molecular formula is C9H10O4. The quantitative estimate of drug-likeness (QED) is 0.636. The molecule has 0 spiro atoms. The smallest absolute Gasteiger partial charge is 0.307 e. The van der Waals surface area contributed by atoms with Crippen molar-refractivity contribution in [2.75, 3.05) is 0 Å². The molecule has 0 unspecified atom stereocenters. The predicted molar refractivity (Wildman–Crippen MR) is 45.4 cm³/mol. The molecule has 0 radical (unpaired) electrons. The van der Waals surface area contributed by atoms with E-state index in [2.05, 4.69) is 0 Å². The maximum Gasteiger partial charge on any atom is 0.307 e. The summed E-state index contributed by atoms with van der Waals surface area (Å²) in [6.07, 6.45) is -0.190. The van der Waals surface area contributed by atoms with Crippen molar-refractivity contribution >= 4 is 5.97 Å². The van der Waals surface area contributed by atoms with Gasteiger partial charge in [-0.15, -0.1) is 0 Å². The summed E-state index contributed by atoms with van der Waals surface area (Å²) in [5.74, 6) is -0.978. The number of aliphatic carboxylic acids is 1. The number of carbonyl (C=O) groups is 1. The summed E-state index contributed by atoms with van der Waals surface area (Å²) in [6.45, 7) is -0.219. The van der Waals surface area contributed by atoms with Crippen molar-refractivity contribution in [2.24, 2.45) is 0 Å². The van der Waals surface area contributed by atoms with Gasteiger partial charge in [0, 0.05) is 0 Å². The maximum absolute atomic E-state index is 10.4. The molecule has 0 saturated carbocycles. The van der Waals surface area contributed by atoms with E-state index >= 15 is 0 Å². The second-order valence-electron chi connectivity index (χ2n) is 2.68. The van der Waals surface area contributed by atoms with Gasteiger partial charge in [0.05, 0.1) is 13.0 Å². The summed E-state index contributed by atoms with van der Waals surface area (Å²) in [7, 11) is 0. The molecule has 13 heavy (non-hydrogen) atoms. The topological polar surface area (TPSA) is 77.8 Å². The highest BCUT2D eigenvalue weighted by Crippen LogP contribution is 2.17. The Balaban J connectivity index is 3.01. The molecule has 0 aliphatic rings. The highest BCUT2D eigenvalue weighted by Gasteiger charge is 2.06. The molecule has 0 bridgehead atoms. The van der Waals surface area contributed by atoms with Crippen LogP contribution in [0.25, 0.3) is 0 Å². The summed E-state index contributed by atoms with van der Waals surface area (Å²) in [4.78, 5) is 10.4. The van der Waals surface area contributed by atoms with Crippen LogP contribution >= 0.6 is 0 Å². The Morgan fingerprint density at radius 1 is 1.31 bits per heavy atom. The van der Waals surface area contributed by atoms with Gasteiger partial charge in [0.15, 0.2) is 0 Å². The standard InChI is InChI=1S/C9H10O4/c10-5-6-1-2-8(11)3-7(6)4-9(12)13/h1-3,10-11H,4-5H2,(H,12,13). The van der Waals surface area contributed by atoms with E-state index in [1.165, 1.54) is 18.2 Å². The highest BCUT2D eigenvalue weighted by atomic mass is 16.4. The Labute approximate surface area is 75.1 Å². The Hall–Kier alpha value is -1.55. The van der Waals surface area contributed by atoms with Crippen molar-refractivity contribution in [1.82, 2.24) is 0 Å². The summed E-state index contributed by atoms with van der Waals surface area (Å²) in [5, 5.41) is 26.4. The fourth-order valence-electron chi connectivity index (χ4n) is 1.09. The Kier molecular flexibility index (Phi) is 2.87. The number of benzene rings is 1. The third-order valence-electron chi connectivity index (χ3n) is 1.70. The summed E-state index contributed by atoms with van der Waals surface area (Å²) in [5.41, 5.74) is 0.968. The minimum Gasteiger partial charge on any atom is -0.508 e. The molecule has 1 rings (SSSR count). The van der Waals surface area contributed by atoms with Crippen molar-refractivity contribution in [3.05, 3.63) is 29.3 Å². The molecule has 0 heterocycles. The van der Waals surface area contributed by atoms with Crippen LogP contribution in [-0.4, -0.2) is 21.3 Å². The number of hydrogen-bond donors (Lipinski definition) is 3. The molecule has 0 saturated heterocycles. The van der Waals surface area contributed by atoms with Gasteiger partial charge in [0.2, 0.25) is 0 Å². The first-order chi connectivity index (χ1) is 6.13. The minimum atomic E-state index is -0.986. The zero-order valence-electron chi connectivity index (χ0n) is 6.90. The van der Waals surface area contributed by atoms with Gasteiger partial charge in [-0.3, -0.25) is 4.79 Å². The Bertz CT molecular complexity index is 319. The number of phenolic OH excluding ortho intramolecular Hbond substituents is 1. The molecule has 0 aromatic heterocycles. The molecule has 0 aliphatic carbocycles. The van der Waals surface area contributed by atoms with Crippen LogP contribution in [0.1, 0.15) is 11.1 Å². The number of aliphatic hydroxyl groups excluding tert-OH is 1. The first-order valence-electron chi connectivity index (χ1n) is 3.77. The number of carboxylic acids is 1. The summed E-state index contributed by atoms with van der Waals surface area (Å²) < 4.78 is 0. The summed E-state index contributed by atoms with van der Waals surface area (Å²) >= 11 is 0. The number of rotatable bonds is 3. The lowest BCUT2D eigenvalue weighted by Crippen LogP contribution is -2.03. The van der Waals surface area contributed by atoms with Crippen LogP contribution in [-0.2, 0) is 17.8 Å². The molecular weight excluding hydrogens is 172 g/mol. The normalized spacial score (nSPS) is 9.92. The van der Waals surface area contributed by atoms with Crippen molar-refractivity contribution in [3.63, 3.8) is 0 Å². The zero-order valence-corrected chi connectivity index (χ0v) is 6.90. The van der Waals surface area contributed by atoms with Gasteiger partial charge in [-0.05, 0) is 23.3 Å². The summed E-state index contributed by atoms with van der Waals surface area (Å²) in [6, 6.07) is 4.27. The van der Waals surface area contributed by atoms with E-state index in [1.807, 2.05) is 0 Å². The van der Waals surface area contributed by atoms with Gasteiger partial charge in [0.25, 0.3) is 0 Å². The van der Waals surface area contributed by atoms with E-state index < -0.39 is 5.97 Å². The van der Waals surface area contributed by atoms with Crippen LogP contribution in [0.2, 0.25) is 0 Å². The fraction of sp³-hybridized carbons (Fsp3) is 0.222. The SMILES string of the molecule is O=C(O)Cc1cc(O)ccc1CO. The van der Waals surface area contributed by atoms with Crippen LogP contribution < -0.4 is 0 Å². The number of aromatic hydroxyl groups is 1. The second kappa shape index (κ2) is 3.91. The number of hydrogen-bond acceptors (Lipinski definition) is 3. The lowest BCUT2D eigenvalue weighted by molar-refractivity contribution is -0.136. The molecule has 1 aromatic carbocycles. The van der Waals surface area contributed by atoms with Crippen molar-refractivity contribution in [2.45, 2.75) is 13.0 Å². The highest BCUT2D eigenvalue weighted by molar-refractivity contribution is 5.71. The van der Waals surface area contributed by atoms with Gasteiger partial charge >= 0.3 is 5.97 Å². The van der Waals surface area contributed by atoms with E-state index in [0.717, 1.165) is 0 Å². The zero-order chi connectivity index (χ0) is 9.84. The van der Waals surface area contributed by atoms with Crippen LogP contribution in [0.4, 0.5) is 0 Å². The maximum atomic E-state index is 10.4. The molecule has 0 atom stereocenters. The minimum absolute atomic E-state index is 0.00782. The largest absolute Gasteiger partial charge is 0.508 e. The van der Waals surface area contributed by atoms with Crippen molar-refractivity contribution < 1.29 is 20.1 Å².